The summed E-state index contributed by atoms with van der Waals surface area (Å²) < 4.78 is 6.50. The molecule has 5 rings (SSSR count). The second-order valence-corrected chi connectivity index (χ2v) is 11.6. The number of rotatable bonds is 4. The van der Waals surface area contributed by atoms with Crippen molar-refractivity contribution in [3.05, 3.63) is 34.3 Å². The average molecular weight is 413 g/mol. The number of aliphatic hydroxyl groups excluding tert-OH is 2. The highest BCUT2D eigenvalue weighted by atomic mass is 16.3. The Morgan fingerprint density at radius 3 is 2.67 bits per heavy atom. The third-order valence-electron chi connectivity index (χ3n) is 9.94. The lowest BCUT2D eigenvalue weighted by molar-refractivity contribution is -0.0169. The van der Waals surface area contributed by atoms with Crippen molar-refractivity contribution in [1.82, 2.24) is 0 Å². The van der Waals surface area contributed by atoms with Crippen molar-refractivity contribution in [3.8, 4) is 0 Å². The SMILES string of the molecule is Cc1c(CCC(C)CO)oc2c1C1(C)CCC3C(CC=C4CC(O)CCC43C)C1C2. The van der Waals surface area contributed by atoms with Crippen LogP contribution in [-0.2, 0) is 18.3 Å². The molecule has 0 radical (unpaired) electrons. The van der Waals surface area contributed by atoms with Crippen molar-refractivity contribution >= 4 is 0 Å². The molecule has 4 aliphatic rings. The molecule has 166 valence electrons. The zero-order valence-electron chi connectivity index (χ0n) is 19.3. The predicted octanol–water partition coefficient (Wildman–Crippen LogP) is 5.49. The van der Waals surface area contributed by atoms with Gasteiger partial charge in [-0.05, 0) is 91.9 Å². The lowest BCUT2D eigenvalue weighted by Gasteiger charge is -2.57. The summed E-state index contributed by atoms with van der Waals surface area (Å²) in [6.45, 7) is 9.68. The molecule has 0 saturated heterocycles. The lowest BCUT2D eigenvalue weighted by atomic mass is 9.47. The Morgan fingerprint density at radius 1 is 1.13 bits per heavy atom. The normalized spacial score (nSPS) is 40.8. The van der Waals surface area contributed by atoms with Gasteiger partial charge in [-0.2, -0.15) is 0 Å². The molecule has 0 aliphatic heterocycles. The van der Waals surface area contributed by atoms with E-state index in [1.54, 1.807) is 5.57 Å². The van der Waals surface area contributed by atoms with E-state index in [0.29, 0.717) is 17.3 Å². The number of furan rings is 1. The van der Waals surface area contributed by atoms with Gasteiger partial charge in [-0.25, -0.2) is 0 Å². The summed E-state index contributed by atoms with van der Waals surface area (Å²) in [6, 6.07) is 0. The first-order valence-corrected chi connectivity index (χ1v) is 12.4. The third-order valence-corrected chi connectivity index (χ3v) is 9.94. The summed E-state index contributed by atoms with van der Waals surface area (Å²) in [7, 11) is 0. The molecule has 1 aromatic rings. The van der Waals surface area contributed by atoms with E-state index in [2.05, 4.69) is 33.8 Å². The van der Waals surface area contributed by atoms with Crippen LogP contribution in [0, 0.1) is 36.0 Å². The highest BCUT2D eigenvalue weighted by Crippen LogP contribution is 2.64. The Labute approximate surface area is 181 Å². The van der Waals surface area contributed by atoms with Gasteiger partial charge in [0.2, 0.25) is 0 Å². The first-order valence-electron chi connectivity index (χ1n) is 12.4. The molecule has 7 unspecified atom stereocenters. The van der Waals surface area contributed by atoms with E-state index in [1.165, 1.54) is 41.9 Å². The molecule has 30 heavy (non-hydrogen) atoms. The van der Waals surface area contributed by atoms with Gasteiger partial charge in [0.25, 0.3) is 0 Å². The third kappa shape index (κ3) is 2.91. The van der Waals surface area contributed by atoms with Crippen LogP contribution in [0.25, 0.3) is 0 Å². The number of hydrogen-bond donors (Lipinski definition) is 2. The van der Waals surface area contributed by atoms with Gasteiger partial charge in [0.1, 0.15) is 11.5 Å². The van der Waals surface area contributed by atoms with Gasteiger partial charge in [0.15, 0.2) is 0 Å². The smallest absolute Gasteiger partial charge is 0.108 e. The van der Waals surface area contributed by atoms with Gasteiger partial charge in [0.05, 0.1) is 6.10 Å². The van der Waals surface area contributed by atoms with Crippen molar-refractivity contribution in [2.45, 2.75) is 97.0 Å². The van der Waals surface area contributed by atoms with Crippen LogP contribution in [0.3, 0.4) is 0 Å². The van der Waals surface area contributed by atoms with Crippen molar-refractivity contribution in [2.75, 3.05) is 6.61 Å². The first-order chi connectivity index (χ1) is 14.3. The van der Waals surface area contributed by atoms with Gasteiger partial charge < -0.3 is 14.6 Å². The van der Waals surface area contributed by atoms with Gasteiger partial charge in [-0.15, -0.1) is 0 Å². The summed E-state index contributed by atoms with van der Waals surface area (Å²) in [4.78, 5) is 0. The first kappa shape index (κ1) is 20.8. The Kier molecular flexibility index (Phi) is 5.02. The Morgan fingerprint density at radius 2 is 1.90 bits per heavy atom. The van der Waals surface area contributed by atoms with Crippen LogP contribution in [-0.4, -0.2) is 22.9 Å². The molecule has 0 spiro atoms. The van der Waals surface area contributed by atoms with E-state index < -0.39 is 0 Å². The lowest BCUT2D eigenvalue weighted by Crippen LogP contribution is -2.51. The molecule has 0 aromatic carbocycles. The summed E-state index contributed by atoms with van der Waals surface area (Å²) in [5.41, 5.74) is 5.04. The fourth-order valence-corrected chi connectivity index (χ4v) is 8.07. The second-order valence-electron chi connectivity index (χ2n) is 11.6. The van der Waals surface area contributed by atoms with Crippen LogP contribution >= 0.6 is 0 Å². The molecule has 2 fully saturated rings. The minimum atomic E-state index is -0.125. The molecule has 1 aromatic heterocycles. The van der Waals surface area contributed by atoms with Gasteiger partial charge >= 0.3 is 0 Å². The monoisotopic (exact) mass is 412 g/mol. The molecule has 3 nitrogen and oxygen atoms in total. The van der Waals surface area contributed by atoms with Gasteiger partial charge in [-0.1, -0.05) is 32.4 Å². The summed E-state index contributed by atoms with van der Waals surface area (Å²) in [5.74, 6) is 4.97. The molecule has 7 atom stereocenters. The molecule has 3 heteroatoms. The van der Waals surface area contributed by atoms with Crippen molar-refractivity contribution in [2.24, 2.45) is 29.1 Å². The van der Waals surface area contributed by atoms with E-state index in [-0.39, 0.29) is 18.1 Å². The highest BCUT2D eigenvalue weighted by Gasteiger charge is 2.58. The Hall–Kier alpha value is -1.06. The van der Waals surface area contributed by atoms with E-state index in [1.807, 2.05) is 0 Å². The maximum atomic E-state index is 10.2. The van der Waals surface area contributed by atoms with Crippen LogP contribution in [0.5, 0.6) is 0 Å². The largest absolute Gasteiger partial charge is 0.465 e. The molecule has 2 N–H and O–H groups in total. The van der Waals surface area contributed by atoms with Crippen molar-refractivity contribution in [3.63, 3.8) is 0 Å². The molecule has 0 amide bonds. The maximum Gasteiger partial charge on any atom is 0.108 e. The molecular weight excluding hydrogens is 372 g/mol. The van der Waals surface area contributed by atoms with Crippen molar-refractivity contribution in [1.29, 1.82) is 0 Å². The predicted molar refractivity (Wildman–Crippen MR) is 119 cm³/mol. The van der Waals surface area contributed by atoms with Crippen molar-refractivity contribution < 1.29 is 14.6 Å². The van der Waals surface area contributed by atoms with Crippen LogP contribution < -0.4 is 0 Å². The Bertz CT molecular complexity index is 851. The maximum absolute atomic E-state index is 10.2. The minimum Gasteiger partial charge on any atom is -0.465 e. The highest BCUT2D eigenvalue weighted by molar-refractivity contribution is 5.45. The van der Waals surface area contributed by atoms with Gasteiger partial charge in [-0.3, -0.25) is 0 Å². The van der Waals surface area contributed by atoms with E-state index in [0.717, 1.165) is 50.4 Å². The molecule has 0 bridgehead atoms. The molecule has 2 saturated carbocycles. The summed E-state index contributed by atoms with van der Waals surface area (Å²) in [6.07, 6.45) is 12.2. The zero-order chi connectivity index (χ0) is 21.3. The second kappa shape index (κ2) is 7.24. The van der Waals surface area contributed by atoms with Crippen LogP contribution in [0.15, 0.2) is 16.1 Å². The molecule has 1 heterocycles. The number of allylic oxidation sites excluding steroid dienone is 1. The summed E-state index contributed by atoms with van der Waals surface area (Å²) in [5, 5.41) is 19.6. The van der Waals surface area contributed by atoms with Gasteiger partial charge in [0, 0.05) is 25.0 Å². The average Bonchev–Trinajstić information content (AvgIpc) is 3.20. The Balaban J connectivity index is 1.42. The molecule has 4 aliphatic carbocycles. The standard InChI is InChI=1S/C27H40O3/c1-16(15-28)5-8-23-17(2)25-24(30-23)14-22-20-7-6-18-13-19(29)9-11-26(18,3)21(20)10-12-27(22,25)4/h6,16,19-22,28-29H,5,7-15H2,1-4H3. The van der Waals surface area contributed by atoms with Crippen LogP contribution in [0.4, 0.5) is 0 Å². The zero-order valence-corrected chi connectivity index (χ0v) is 19.3. The molecular formula is C27H40O3. The van der Waals surface area contributed by atoms with E-state index in [9.17, 15) is 10.2 Å². The fraction of sp³-hybridized carbons (Fsp3) is 0.778. The van der Waals surface area contributed by atoms with Crippen LogP contribution in [0.1, 0.15) is 88.4 Å². The quantitative estimate of drug-likeness (QED) is 0.643. The van der Waals surface area contributed by atoms with E-state index >= 15 is 0 Å². The number of aliphatic hydroxyl groups is 2. The van der Waals surface area contributed by atoms with E-state index in [4.69, 9.17) is 4.42 Å². The number of fused-ring (bicyclic) bond motifs is 7. The minimum absolute atomic E-state index is 0.125. The fourth-order valence-electron chi connectivity index (χ4n) is 8.07. The topological polar surface area (TPSA) is 53.6 Å². The number of hydrogen-bond acceptors (Lipinski definition) is 3. The van der Waals surface area contributed by atoms with Crippen LogP contribution in [0.2, 0.25) is 0 Å². The number of aryl methyl sites for hydroxylation is 1. The summed E-state index contributed by atoms with van der Waals surface area (Å²) >= 11 is 0.